The first-order valence-electron chi connectivity index (χ1n) is 9.95. The van der Waals surface area contributed by atoms with Crippen LogP contribution in [0.4, 0.5) is 30.2 Å². The monoisotopic (exact) mass is 563 g/mol. The summed E-state index contributed by atoms with van der Waals surface area (Å²) in [6.45, 7) is 0. The predicted molar refractivity (Wildman–Crippen MR) is 129 cm³/mol. The second kappa shape index (κ2) is 9.55. The molecule has 0 fully saturated rings. The van der Waals surface area contributed by atoms with Gasteiger partial charge in [0.25, 0.3) is 17.7 Å². The molecule has 3 aromatic rings. The topological polar surface area (TPSA) is 78.5 Å². The number of hydrogen-bond acceptors (Lipinski definition) is 4. The van der Waals surface area contributed by atoms with Gasteiger partial charge >= 0.3 is 6.18 Å². The molecule has 2 N–H and O–H groups in total. The van der Waals surface area contributed by atoms with Crippen LogP contribution in [0.1, 0.15) is 15.9 Å². The quantitative estimate of drug-likeness (QED) is 0.364. The molecule has 0 bridgehead atoms. The lowest BCUT2D eigenvalue weighted by molar-refractivity contribution is -0.137. The summed E-state index contributed by atoms with van der Waals surface area (Å²) in [5.74, 6) is -2.22. The number of carbonyl (C=O) groups is 3. The zero-order chi connectivity index (χ0) is 25.3. The highest BCUT2D eigenvalue weighted by molar-refractivity contribution is 9.10. The van der Waals surface area contributed by atoms with Gasteiger partial charge in [-0.15, -0.1) is 0 Å². The molecule has 0 spiro atoms. The Morgan fingerprint density at radius 1 is 0.914 bits per heavy atom. The lowest BCUT2D eigenvalue weighted by Crippen LogP contribution is -2.32. The average Bonchev–Trinajstić information content (AvgIpc) is 3.03. The van der Waals surface area contributed by atoms with Crippen molar-refractivity contribution in [1.29, 1.82) is 0 Å². The minimum atomic E-state index is -4.65. The molecular weight excluding hydrogens is 551 g/mol. The van der Waals surface area contributed by atoms with Gasteiger partial charge in [0.1, 0.15) is 10.7 Å². The van der Waals surface area contributed by atoms with Gasteiger partial charge in [-0.1, -0.05) is 45.7 Å². The summed E-state index contributed by atoms with van der Waals surface area (Å²) >= 11 is 9.41. The van der Waals surface area contributed by atoms with Crippen molar-refractivity contribution >= 4 is 62.3 Å². The number of imide groups is 1. The van der Waals surface area contributed by atoms with Crippen molar-refractivity contribution in [1.82, 2.24) is 0 Å². The van der Waals surface area contributed by atoms with Crippen molar-refractivity contribution in [2.75, 3.05) is 15.5 Å². The van der Waals surface area contributed by atoms with Gasteiger partial charge in [-0.05, 0) is 54.6 Å². The molecule has 0 atom stereocenters. The largest absolute Gasteiger partial charge is 0.418 e. The first kappa shape index (κ1) is 24.5. The maximum absolute atomic E-state index is 13.2. The number of alkyl halides is 3. The van der Waals surface area contributed by atoms with E-state index in [0.717, 1.165) is 21.5 Å². The Balaban J connectivity index is 1.55. The molecule has 35 heavy (non-hydrogen) atoms. The Bertz CT molecular complexity index is 1370. The number of hydrogen-bond donors (Lipinski definition) is 2. The third kappa shape index (κ3) is 5.08. The van der Waals surface area contributed by atoms with Crippen LogP contribution in [-0.2, 0) is 15.8 Å². The fraction of sp³-hybridized carbons (Fsp3) is 0.0417. The third-order valence-corrected chi connectivity index (χ3v) is 5.87. The second-order valence-electron chi connectivity index (χ2n) is 7.31. The fourth-order valence-corrected chi connectivity index (χ4v) is 3.83. The number of amides is 3. The number of carbonyl (C=O) groups excluding carboxylic acids is 3. The summed E-state index contributed by atoms with van der Waals surface area (Å²) in [6.07, 6.45) is -4.65. The molecule has 0 radical (unpaired) electrons. The maximum Gasteiger partial charge on any atom is 0.418 e. The molecule has 3 aromatic carbocycles. The third-order valence-electron chi connectivity index (χ3n) is 4.99. The summed E-state index contributed by atoms with van der Waals surface area (Å²) in [7, 11) is 0. The van der Waals surface area contributed by atoms with E-state index in [2.05, 4.69) is 26.6 Å². The van der Waals surface area contributed by atoms with E-state index in [9.17, 15) is 27.6 Å². The Morgan fingerprint density at radius 3 is 2.29 bits per heavy atom. The van der Waals surface area contributed by atoms with Crippen LogP contribution in [-0.4, -0.2) is 17.7 Å². The van der Waals surface area contributed by atoms with E-state index in [-0.39, 0.29) is 22.0 Å². The van der Waals surface area contributed by atoms with Crippen LogP contribution in [0.2, 0.25) is 0 Å². The van der Waals surface area contributed by atoms with Crippen LogP contribution in [0.15, 0.2) is 88.0 Å². The average molecular weight is 565 g/mol. The van der Waals surface area contributed by atoms with E-state index in [1.165, 1.54) is 36.4 Å². The molecule has 4 rings (SSSR count). The van der Waals surface area contributed by atoms with E-state index >= 15 is 0 Å². The van der Waals surface area contributed by atoms with Gasteiger partial charge in [0.15, 0.2) is 0 Å². The number of nitrogens with one attached hydrogen (secondary N) is 2. The van der Waals surface area contributed by atoms with E-state index in [4.69, 9.17) is 11.6 Å². The Hall–Kier alpha value is -3.63. The van der Waals surface area contributed by atoms with Gasteiger partial charge in [0.05, 0.1) is 16.9 Å². The number of anilines is 3. The highest BCUT2D eigenvalue weighted by atomic mass is 79.9. The molecule has 1 aliphatic rings. The second-order valence-corrected chi connectivity index (χ2v) is 8.61. The molecule has 1 aliphatic heterocycles. The number of halogens is 5. The van der Waals surface area contributed by atoms with Crippen LogP contribution in [0, 0.1) is 0 Å². The fourth-order valence-electron chi connectivity index (χ4n) is 3.35. The van der Waals surface area contributed by atoms with Crippen LogP contribution < -0.4 is 15.5 Å². The smallest absolute Gasteiger partial charge is 0.350 e. The minimum absolute atomic E-state index is 0.0187. The van der Waals surface area contributed by atoms with Crippen molar-refractivity contribution < 1.29 is 27.6 Å². The number of benzene rings is 3. The Labute approximate surface area is 210 Å². The molecule has 3 amide bonds. The highest BCUT2D eigenvalue weighted by Crippen LogP contribution is 2.35. The Morgan fingerprint density at radius 2 is 1.60 bits per heavy atom. The first-order chi connectivity index (χ1) is 16.6. The zero-order valence-electron chi connectivity index (χ0n) is 17.5. The molecule has 0 aromatic heterocycles. The van der Waals surface area contributed by atoms with Gasteiger partial charge in [-0.3, -0.25) is 14.4 Å². The lowest BCUT2D eigenvalue weighted by atomic mass is 10.1. The van der Waals surface area contributed by atoms with Crippen molar-refractivity contribution in [3.63, 3.8) is 0 Å². The lowest BCUT2D eigenvalue weighted by Gasteiger charge is -2.15. The minimum Gasteiger partial charge on any atom is -0.350 e. The number of nitrogens with zero attached hydrogens (tertiary/aromatic N) is 1. The predicted octanol–water partition coefficient (Wildman–Crippen LogP) is 6.16. The van der Waals surface area contributed by atoms with Gasteiger partial charge in [0.2, 0.25) is 0 Å². The summed E-state index contributed by atoms with van der Waals surface area (Å²) in [4.78, 5) is 39.1. The summed E-state index contributed by atoms with van der Waals surface area (Å²) in [5.41, 5.74) is -1.01. The Kier molecular flexibility index (Phi) is 6.68. The summed E-state index contributed by atoms with van der Waals surface area (Å²) < 4.78 is 40.4. The highest BCUT2D eigenvalue weighted by Gasteiger charge is 2.39. The van der Waals surface area contributed by atoms with Crippen LogP contribution in [0.5, 0.6) is 0 Å². The van der Waals surface area contributed by atoms with Crippen molar-refractivity contribution in [2.45, 2.75) is 6.18 Å². The zero-order valence-corrected chi connectivity index (χ0v) is 19.8. The molecule has 178 valence electrons. The summed E-state index contributed by atoms with van der Waals surface area (Å²) in [5, 5.41) is 4.66. The van der Waals surface area contributed by atoms with Crippen molar-refractivity contribution in [3.05, 3.63) is 99.1 Å². The van der Waals surface area contributed by atoms with Crippen LogP contribution in [0.3, 0.4) is 0 Å². The molecule has 0 saturated carbocycles. The standard InChI is InChI=1S/C24H14BrClF3N3O3/c25-14-8-10-16(11-9-14)32-22(34)19(26)20(23(32)35)30-15-5-3-4-13(12-15)21(33)31-18-7-2-1-6-17(18)24(27,28)29/h1-12,30H,(H,31,33). The van der Waals surface area contributed by atoms with Crippen molar-refractivity contribution in [2.24, 2.45) is 0 Å². The van der Waals surface area contributed by atoms with E-state index in [1.807, 2.05) is 0 Å². The van der Waals surface area contributed by atoms with Gasteiger partial charge in [0, 0.05) is 15.7 Å². The number of rotatable bonds is 5. The molecule has 0 aliphatic carbocycles. The van der Waals surface area contributed by atoms with Crippen LogP contribution in [0.25, 0.3) is 0 Å². The van der Waals surface area contributed by atoms with Gasteiger partial charge < -0.3 is 10.6 Å². The normalized spacial score (nSPS) is 13.9. The van der Waals surface area contributed by atoms with E-state index in [1.54, 1.807) is 24.3 Å². The molecule has 6 nitrogen and oxygen atoms in total. The molecule has 0 saturated heterocycles. The number of para-hydroxylation sites is 1. The molecule has 0 unspecified atom stereocenters. The van der Waals surface area contributed by atoms with Crippen molar-refractivity contribution in [3.8, 4) is 0 Å². The molecular formula is C24H14BrClF3N3O3. The molecule has 11 heteroatoms. The van der Waals surface area contributed by atoms with Crippen LogP contribution >= 0.6 is 27.5 Å². The van der Waals surface area contributed by atoms with E-state index in [0.29, 0.717) is 5.69 Å². The first-order valence-corrected chi connectivity index (χ1v) is 11.1. The summed E-state index contributed by atoms with van der Waals surface area (Å²) in [6, 6.07) is 16.7. The molecule has 1 heterocycles. The van der Waals surface area contributed by atoms with E-state index < -0.39 is 35.1 Å². The maximum atomic E-state index is 13.2. The van der Waals surface area contributed by atoms with Gasteiger partial charge in [-0.2, -0.15) is 13.2 Å². The van der Waals surface area contributed by atoms with Gasteiger partial charge in [-0.25, -0.2) is 4.90 Å². The SMILES string of the molecule is O=C(Nc1ccccc1C(F)(F)F)c1cccc(NC2=C(Cl)C(=O)N(c3ccc(Br)cc3)C2=O)c1.